The van der Waals surface area contributed by atoms with E-state index in [1.54, 1.807) is 6.07 Å². The van der Waals surface area contributed by atoms with Crippen molar-refractivity contribution in [2.75, 3.05) is 5.32 Å². The second kappa shape index (κ2) is 4.63. The lowest BCUT2D eigenvalue weighted by atomic mass is 9.93. The Bertz CT molecular complexity index is 484. The first kappa shape index (κ1) is 12.1. The molecular formula is C13H14Cl2N2O. The fourth-order valence-electron chi connectivity index (χ4n) is 3.24. The van der Waals surface area contributed by atoms with E-state index in [1.807, 2.05) is 12.1 Å². The monoisotopic (exact) mass is 284 g/mol. The Hall–Kier alpha value is -0.930. The first-order valence-electron chi connectivity index (χ1n) is 6.12. The van der Waals surface area contributed by atoms with Crippen molar-refractivity contribution >= 4 is 34.6 Å². The maximum absolute atomic E-state index is 9.14. The number of anilines is 1. The average molecular weight is 285 g/mol. The molecule has 2 saturated carbocycles. The van der Waals surface area contributed by atoms with Gasteiger partial charge in [0, 0.05) is 21.7 Å². The highest BCUT2D eigenvalue weighted by atomic mass is 35.5. The molecule has 1 aromatic rings. The van der Waals surface area contributed by atoms with Crippen molar-refractivity contribution in [3.05, 3.63) is 28.2 Å². The highest BCUT2D eigenvalue weighted by Crippen LogP contribution is 2.44. The van der Waals surface area contributed by atoms with Crippen molar-refractivity contribution in [2.24, 2.45) is 17.0 Å². The number of halogens is 2. The van der Waals surface area contributed by atoms with E-state index in [-0.39, 0.29) is 6.04 Å². The third kappa shape index (κ3) is 2.06. The summed E-state index contributed by atoms with van der Waals surface area (Å²) in [6.07, 6.45) is 3.44. The minimum atomic E-state index is 0.114. The minimum absolute atomic E-state index is 0.114. The van der Waals surface area contributed by atoms with Crippen molar-refractivity contribution in [3.8, 4) is 0 Å². The van der Waals surface area contributed by atoms with Crippen LogP contribution in [-0.2, 0) is 0 Å². The molecule has 3 atom stereocenters. The molecule has 96 valence electrons. The predicted molar refractivity (Wildman–Crippen MR) is 73.9 cm³/mol. The summed E-state index contributed by atoms with van der Waals surface area (Å²) in [5.41, 5.74) is 1.76. The molecule has 2 fully saturated rings. The fraction of sp³-hybridized carbons (Fsp3) is 0.462. The van der Waals surface area contributed by atoms with Crippen LogP contribution in [0.15, 0.2) is 23.4 Å². The molecule has 0 heterocycles. The second-order valence-electron chi connectivity index (χ2n) is 5.08. The number of rotatable bonds is 2. The lowest BCUT2D eigenvalue weighted by molar-refractivity contribution is 0.312. The molecule has 2 bridgehead atoms. The van der Waals surface area contributed by atoms with Crippen molar-refractivity contribution < 1.29 is 5.21 Å². The molecule has 2 N–H and O–H groups in total. The quantitative estimate of drug-likeness (QED) is 0.636. The zero-order valence-corrected chi connectivity index (χ0v) is 11.2. The van der Waals surface area contributed by atoms with Crippen LogP contribution in [0.4, 0.5) is 5.69 Å². The van der Waals surface area contributed by atoms with Crippen LogP contribution in [0.5, 0.6) is 0 Å². The van der Waals surface area contributed by atoms with Crippen LogP contribution in [0.3, 0.4) is 0 Å². The summed E-state index contributed by atoms with van der Waals surface area (Å²) in [7, 11) is 0. The molecule has 0 radical (unpaired) electrons. The topological polar surface area (TPSA) is 44.6 Å². The third-order valence-electron chi connectivity index (χ3n) is 3.98. The van der Waals surface area contributed by atoms with Crippen LogP contribution in [-0.4, -0.2) is 17.0 Å². The molecule has 2 aliphatic carbocycles. The maximum atomic E-state index is 9.14. The van der Waals surface area contributed by atoms with Gasteiger partial charge in [-0.05, 0) is 43.4 Å². The van der Waals surface area contributed by atoms with Crippen LogP contribution in [0.1, 0.15) is 19.3 Å². The number of hydrogen-bond donors (Lipinski definition) is 2. The smallest absolute Gasteiger partial charge is 0.0826 e. The highest BCUT2D eigenvalue weighted by molar-refractivity contribution is 6.35. The van der Waals surface area contributed by atoms with E-state index in [9.17, 15) is 0 Å². The van der Waals surface area contributed by atoms with Gasteiger partial charge in [0.2, 0.25) is 0 Å². The Labute approximate surface area is 116 Å². The number of hydrogen-bond acceptors (Lipinski definition) is 3. The lowest BCUT2D eigenvalue weighted by Crippen LogP contribution is -2.35. The van der Waals surface area contributed by atoms with Crippen LogP contribution in [0.25, 0.3) is 0 Å². The minimum Gasteiger partial charge on any atom is -0.411 e. The largest absolute Gasteiger partial charge is 0.411 e. The van der Waals surface area contributed by atoms with Crippen LogP contribution in [0, 0.1) is 11.8 Å². The molecule has 0 spiro atoms. The van der Waals surface area contributed by atoms with Gasteiger partial charge in [0.05, 0.1) is 11.8 Å². The Balaban J connectivity index is 1.84. The molecule has 0 amide bonds. The van der Waals surface area contributed by atoms with Crippen molar-refractivity contribution in [3.63, 3.8) is 0 Å². The summed E-state index contributed by atoms with van der Waals surface area (Å²) in [5, 5.41) is 17.2. The third-order valence-corrected chi connectivity index (χ3v) is 4.42. The standard InChI is InChI=1S/C13H14Cl2N2O/c14-9-4-10(15)6-11(5-9)16-12-7-1-2-8(3-7)13(12)17-18/h4-8,12,16,18H,1-3H2/b17-13+/t7-,8-,12-/m0/s1. The zero-order chi connectivity index (χ0) is 12.7. The van der Waals surface area contributed by atoms with Gasteiger partial charge >= 0.3 is 0 Å². The number of nitrogens with one attached hydrogen (secondary N) is 1. The number of fused-ring (bicyclic) bond motifs is 2. The summed E-state index contributed by atoms with van der Waals surface area (Å²) in [6, 6.07) is 5.50. The van der Waals surface area contributed by atoms with Gasteiger partial charge in [0.1, 0.15) is 0 Å². The first-order valence-corrected chi connectivity index (χ1v) is 6.87. The molecule has 2 aliphatic rings. The van der Waals surface area contributed by atoms with Gasteiger partial charge in [0.25, 0.3) is 0 Å². The van der Waals surface area contributed by atoms with Crippen LogP contribution >= 0.6 is 23.2 Å². The molecular weight excluding hydrogens is 271 g/mol. The van der Waals surface area contributed by atoms with E-state index < -0.39 is 0 Å². The lowest BCUT2D eigenvalue weighted by Gasteiger charge is -2.25. The van der Waals surface area contributed by atoms with Crippen molar-refractivity contribution in [2.45, 2.75) is 25.3 Å². The summed E-state index contributed by atoms with van der Waals surface area (Å²) in [6.45, 7) is 0. The van der Waals surface area contributed by atoms with Gasteiger partial charge < -0.3 is 10.5 Å². The predicted octanol–water partition coefficient (Wildman–Crippen LogP) is 4.03. The molecule has 18 heavy (non-hydrogen) atoms. The maximum Gasteiger partial charge on any atom is 0.0826 e. The zero-order valence-electron chi connectivity index (χ0n) is 9.74. The van der Waals surface area contributed by atoms with E-state index in [0.29, 0.717) is 21.9 Å². The molecule has 3 rings (SSSR count). The van der Waals surface area contributed by atoms with Gasteiger partial charge in [-0.2, -0.15) is 0 Å². The summed E-state index contributed by atoms with van der Waals surface area (Å²) >= 11 is 12.0. The molecule has 0 unspecified atom stereocenters. The molecule has 0 aromatic heterocycles. The summed E-state index contributed by atoms with van der Waals surface area (Å²) in [5.74, 6) is 0.991. The average Bonchev–Trinajstić information content (AvgIpc) is 2.88. The Morgan fingerprint density at radius 2 is 1.89 bits per heavy atom. The fourth-order valence-corrected chi connectivity index (χ4v) is 3.76. The second-order valence-corrected chi connectivity index (χ2v) is 5.95. The van der Waals surface area contributed by atoms with Gasteiger partial charge in [0.15, 0.2) is 0 Å². The van der Waals surface area contributed by atoms with Gasteiger partial charge in [-0.25, -0.2) is 0 Å². The van der Waals surface area contributed by atoms with E-state index in [2.05, 4.69) is 10.5 Å². The molecule has 1 aromatic carbocycles. The highest BCUT2D eigenvalue weighted by Gasteiger charge is 2.45. The Morgan fingerprint density at radius 3 is 2.56 bits per heavy atom. The van der Waals surface area contributed by atoms with Gasteiger partial charge in [-0.1, -0.05) is 28.4 Å². The molecule has 0 aliphatic heterocycles. The molecule has 5 heteroatoms. The number of nitrogens with zero attached hydrogens (tertiary/aromatic N) is 1. The van der Waals surface area contributed by atoms with Gasteiger partial charge in [-0.15, -0.1) is 0 Å². The van der Waals surface area contributed by atoms with Crippen molar-refractivity contribution in [1.29, 1.82) is 0 Å². The van der Waals surface area contributed by atoms with E-state index >= 15 is 0 Å². The SMILES string of the molecule is O/N=C1\[C@H]2CC[C@@H](C2)[C@@H]1Nc1cc(Cl)cc(Cl)c1. The summed E-state index contributed by atoms with van der Waals surface area (Å²) in [4.78, 5) is 0. The van der Waals surface area contributed by atoms with E-state index in [1.165, 1.54) is 6.42 Å². The van der Waals surface area contributed by atoms with Crippen LogP contribution in [0.2, 0.25) is 10.0 Å². The summed E-state index contributed by atoms with van der Waals surface area (Å²) < 4.78 is 0. The molecule has 0 saturated heterocycles. The first-order chi connectivity index (χ1) is 8.67. The van der Waals surface area contributed by atoms with Gasteiger partial charge in [-0.3, -0.25) is 0 Å². The normalized spacial score (nSPS) is 32.1. The number of oxime groups is 1. The van der Waals surface area contributed by atoms with E-state index in [4.69, 9.17) is 28.4 Å². The number of benzene rings is 1. The van der Waals surface area contributed by atoms with E-state index in [0.717, 1.165) is 24.2 Å². The molecule has 3 nitrogen and oxygen atoms in total. The Morgan fingerprint density at radius 1 is 1.17 bits per heavy atom. The van der Waals surface area contributed by atoms with Crippen LogP contribution < -0.4 is 5.32 Å². The van der Waals surface area contributed by atoms with Crippen molar-refractivity contribution in [1.82, 2.24) is 0 Å². The Kier molecular flexibility index (Phi) is 3.12.